The summed E-state index contributed by atoms with van der Waals surface area (Å²) in [5, 5.41) is 11.4. The lowest BCUT2D eigenvalue weighted by molar-refractivity contribution is 0.192. The van der Waals surface area contributed by atoms with Crippen molar-refractivity contribution in [1.82, 2.24) is 0 Å². The molecule has 3 aromatic rings. The highest BCUT2D eigenvalue weighted by atomic mass is 35.5. The molecule has 0 aliphatic heterocycles. The first-order valence-corrected chi connectivity index (χ1v) is 6.67. The fraction of sp³-hybridized carbons (Fsp3) is 0.125. The molecule has 0 amide bonds. The summed E-state index contributed by atoms with van der Waals surface area (Å²) in [6.07, 6.45) is -0.983. The van der Waals surface area contributed by atoms with Gasteiger partial charge in [-0.2, -0.15) is 0 Å². The topological polar surface area (TPSA) is 42.6 Å². The first kappa shape index (κ1) is 13.9. The van der Waals surface area contributed by atoms with Gasteiger partial charge in [-0.15, -0.1) is 0 Å². The highest BCUT2D eigenvalue weighted by Gasteiger charge is 2.17. The molecular weight excluding hydrogens is 295 g/mol. The molecule has 0 fully saturated rings. The molecule has 2 aromatic carbocycles. The SMILES string of the molecule is COc1ccc(C(O)c2cc3cc(F)ccc3o2)cc1Cl. The summed E-state index contributed by atoms with van der Waals surface area (Å²) < 4.78 is 23.8. The summed E-state index contributed by atoms with van der Waals surface area (Å²) in [5.74, 6) is 0.507. The van der Waals surface area contributed by atoms with Crippen LogP contribution in [0.15, 0.2) is 46.9 Å². The van der Waals surface area contributed by atoms with E-state index in [-0.39, 0.29) is 5.82 Å². The fourth-order valence-corrected chi connectivity index (χ4v) is 2.45. The molecule has 1 atom stereocenters. The van der Waals surface area contributed by atoms with Gasteiger partial charge >= 0.3 is 0 Å². The zero-order valence-electron chi connectivity index (χ0n) is 11.1. The summed E-state index contributed by atoms with van der Waals surface area (Å²) in [5.41, 5.74) is 1.09. The second-order valence-electron chi connectivity index (χ2n) is 4.63. The van der Waals surface area contributed by atoms with Gasteiger partial charge in [0.25, 0.3) is 0 Å². The largest absolute Gasteiger partial charge is 0.495 e. The Morgan fingerprint density at radius 3 is 2.71 bits per heavy atom. The number of fused-ring (bicyclic) bond motifs is 1. The van der Waals surface area contributed by atoms with Gasteiger partial charge in [0.15, 0.2) is 0 Å². The third kappa shape index (κ3) is 2.60. The highest BCUT2D eigenvalue weighted by molar-refractivity contribution is 6.32. The van der Waals surface area contributed by atoms with Crippen LogP contribution in [0, 0.1) is 5.82 Å². The van der Waals surface area contributed by atoms with E-state index in [1.807, 2.05) is 0 Å². The number of benzene rings is 2. The minimum absolute atomic E-state index is 0.330. The smallest absolute Gasteiger partial charge is 0.138 e. The molecule has 0 saturated carbocycles. The van der Waals surface area contributed by atoms with Crippen molar-refractivity contribution in [3.8, 4) is 5.75 Å². The Balaban J connectivity index is 1.99. The van der Waals surface area contributed by atoms with Crippen LogP contribution >= 0.6 is 11.6 Å². The van der Waals surface area contributed by atoms with Crippen molar-refractivity contribution < 1.29 is 18.7 Å². The maximum Gasteiger partial charge on any atom is 0.138 e. The van der Waals surface area contributed by atoms with Crippen LogP contribution in [-0.2, 0) is 0 Å². The second-order valence-corrected chi connectivity index (χ2v) is 5.03. The molecule has 0 radical (unpaired) electrons. The zero-order chi connectivity index (χ0) is 15.0. The first-order valence-electron chi connectivity index (χ1n) is 6.29. The number of methoxy groups -OCH3 is 1. The first-order chi connectivity index (χ1) is 10.1. The monoisotopic (exact) mass is 306 g/mol. The fourth-order valence-electron chi connectivity index (χ4n) is 2.19. The molecule has 21 heavy (non-hydrogen) atoms. The molecule has 108 valence electrons. The van der Waals surface area contributed by atoms with Crippen molar-refractivity contribution in [2.24, 2.45) is 0 Å². The van der Waals surface area contributed by atoms with Crippen LogP contribution in [0.4, 0.5) is 4.39 Å². The van der Waals surface area contributed by atoms with E-state index in [1.54, 1.807) is 24.3 Å². The van der Waals surface area contributed by atoms with E-state index < -0.39 is 6.10 Å². The number of halogens is 2. The lowest BCUT2D eigenvalue weighted by atomic mass is 10.1. The van der Waals surface area contributed by atoms with Crippen LogP contribution in [0.2, 0.25) is 5.02 Å². The summed E-state index contributed by atoms with van der Waals surface area (Å²) in [6, 6.07) is 10.8. The van der Waals surface area contributed by atoms with Gasteiger partial charge in [0.2, 0.25) is 0 Å². The van der Waals surface area contributed by atoms with Crippen LogP contribution in [0.3, 0.4) is 0 Å². The van der Waals surface area contributed by atoms with Crippen LogP contribution < -0.4 is 4.74 Å². The molecule has 1 N–H and O–H groups in total. The number of aliphatic hydroxyl groups is 1. The molecule has 0 saturated heterocycles. The van der Waals surface area contributed by atoms with Crippen molar-refractivity contribution in [3.05, 3.63) is 64.6 Å². The third-order valence-corrected chi connectivity index (χ3v) is 3.55. The van der Waals surface area contributed by atoms with E-state index >= 15 is 0 Å². The molecule has 0 bridgehead atoms. The van der Waals surface area contributed by atoms with Gasteiger partial charge < -0.3 is 14.3 Å². The Labute approximate surface area is 125 Å². The summed E-state index contributed by atoms with van der Waals surface area (Å²) in [7, 11) is 1.52. The number of hydrogen-bond acceptors (Lipinski definition) is 3. The van der Waals surface area contributed by atoms with Crippen molar-refractivity contribution in [1.29, 1.82) is 0 Å². The Bertz CT molecular complexity index is 797. The molecule has 0 spiro atoms. The van der Waals surface area contributed by atoms with E-state index in [4.69, 9.17) is 20.8 Å². The van der Waals surface area contributed by atoms with E-state index in [9.17, 15) is 9.50 Å². The minimum atomic E-state index is -0.983. The van der Waals surface area contributed by atoms with E-state index in [1.165, 1.54) is 25.3 Å². The highest BCUT2D eigenvalue weighted by Crippen LogP contribution is 2.32. The van der Waals surface area contributed by atoms with E-state index in [0.29, 0.717) is 33.1 Å². The predicted octanol–water partition coefficient (Wildman–Crippen LogP) is 4.32. The molecular formula is C16H12ClFO3. The average Bonchev–Trinajstić information content (AvgIpc) is 2.89. The maximum absolute atomic E-state index is 13.2. The molecule has 0 aliphatic carbocycles. The number of ether oxygens (including phenoxy) is 1. The maximum atomic E-state index is 13.2. The van der Waals surface area contributed by atoms with Gasteiger partial charge in [0.1, 0.15) is 29.0 Å². The summed E-state index contributed by atoms with van der Waals surface area (Å²) in [6.45, 7) is 0. The van der Waals surface area contributed by atoms with Gasteiger partial charge in [-0.25, -0.2) is 4.39 Å². The molecule has 3 rings (SSSR count). The lowest BCUT2D eigenvalue weighted by Gasteiger charge is -2.10. The molecule has 1 aromatic heterocycles. The van der Waals surface area contributed by atoms with Crippen molar-refractivity contribution in [2.75, 3.05) is 7.11 Å². The molecule has 1 heterocycles. The normalized spacial score (nSPS) is 12.6. The van der Waals surface area contributed by atoms with Crippen molar-refractivity contribution in [2.45, 2.75) is 6.10 Å². The number of rotatable bonds is 3. The van der Waals surface area contributed by atoms with Gasteiger partial charge in [-0.1, -0.05) is 17.7 Å². The Hall–Kier alpha value is -2.04. The van der Waals surface area contributed by atoms with Crippen molar-refractivity contribution >= 4 is 22.6 Å². The minimum Gasteiger partial charge on any atom is -0.495 e. The van der Waals surface area contributed by atoms with E-state index in [2.05, 4.69) is 0 Å². The molecule has 5 heteroatoms. The van der Waals surface area contributed by atoms with Crippen LogP contribution in [0.1, 0.15) is 17.4 Å². The predicted molar refractivity (Wildman–Crippen MR) is 78.2 cm³/mol. The van der Waals surface area contributed by atoms with Crippen LogP contribution in [0.5, 0.6) is 5.75 Å². The average molecular weight is 307 g/mol. The zero-order valence-corrected chi connectivity index (χ0v) is 11.9. The third-order valence-electron chi connectivity index (χ3n) is 3.26. The molecule has 0 aliphatic rings. The van der Waals surface area contributed by atoms with E-state index in [0.717, 1.165) is 0 Å². The standard InChI is InChI=1S/C16H12ClFO3/c1-20-14-4-2-9(7-12(14)17)16(19)15-8-10-6-11(18)3-5-13(10)21-15/h2-8,16,19H,1H3. The second kappa shape index (κ2) is 5.39. The molecule has 3 nitrogen and oxygen atoms in total. The van der Waals surface area contributed by atoms with Crippen LogP contribution in [0.25, 0.3) is 11.0 Å². The van der Waals surface area contributed by atoms with Gasteiger partial charge in [-0.3, -0.25) is 0 Å². The van der Waals surface area contributed by atoms with Gasteiger partial charge in [0.05, 0.1) is 12.1 Å². The Morgan fingerprint density at radius 2 is 2.00 bits per heavy atom. The van der Waals surface area contributed by atoms with Crippen molar-refractivity contribution in [3.63, 3.8) is 0 Å². The number of furan rings is 1. The van der Waals surface area contributed by atoms with Gasteiger partial charge in [-0.05, 0) is 42.0 Å². The number of aliphatic hydroxyl groups excluding tert-OH is 1. The summed E-state index contributed by atoms with van der Waals surface area (Å²) in [4.78, 5) is 0. The van der Waals surface area contributed by atoms with Crippen LogP contribution in [-0.4, -0.2) is 12.2 Å². The Morgan fingerprint density at radius 1 is 1.19 bits per heavy atom. The van der Waals surface area contributed by atoms with Gasteiger partial charge in [0, 0.05) is 5.39 Å². The number of hydrogen-bond donors (Lipinski definition) is 1. The lowest BCUT2D eigenvalue weighted by Crippen LogP contribution is -1.98. The Kier molecular flexibility index (Phi) is 3.57. The quantitative estimate of drug-likeness (QED) is 0.784. The molecule has 1 unspecified atom stereocenters. The summed E-state index contributed by atoms with van der Waals surface area (Å²) >= 11 is 6.04.